The summed E-state index contributed by atoms with van der Waals surface area (Å²) in [6, 6.07) is 9.67. The second-order valence-electron chi connectivity index (χ2n) is 5.78. The van der Waals surface area contributed by atoms with Gasteiger partial charge in [-0.2, -0.15) is 0 Å². The first-order valence-electron chi connectivity index (χ1n) is 6.58. The van der Waals surface area contributed by atoms with Crippen LogP contribution in [-0.4, -0.2) is 39.1 Å². The zero-order chi connectivity index (χ0) is 14.9. The molecule has 2 rings (SSSR count). The molecule has 0 amide bonds. The van der Waals surface area contributed by atoms with Gasteiger partial charge in [-0.25, -0.2) is 0 Å². The third kappa shape index (κ3) is 2.54. The number of hydrogen-bond acceptors (Lipinski definition) is 3. The molecule has 2 atom stereocenters. The van der Waals surface area contributed by atoms with Crippen molar-refractivity contribution in [2.75, 3.05) is 6.54 Å². The summed E-state index contributed by atoms with van der Waals surface area (Å²) in [5, 5.41) is 18.6. The molecule has 1 aromatic rings. The topological polar surface area (TPSA) is 77.8 Å². The molecule has 0 aliphatic carbocycles. The van der Waals surface area contributed by atoms with Crippen LogP contribution in [0.15, 0.2) is 30.3 Å². The lowest BCUT2D eigenvalue weighted by Gasteiger charge is -2.34. The van der Waals surface area contributed by atoms with Crippen LogP contribution in [0, 0.1) is 11.8 Å². The second-order valence-corrected chi connectivity index (χ2v) is 5.78. The minimum absolute atomic E-state index is 0.258. The van der Waals surface area contributed by atoms with Gasteiger partial charge in [-0.05, 0) is 19.4 Å². The summed E-state index contributed by atoms with van der Waals surface area (Å²) in [6.45, 7) is 4.42. The molecule has 1 aliphatic rings. The van der Waals surface area contributed by atoms with E-state index in [1.807, 2.05) is 35.2 Å². The zero-order valence-corrected chi connectivity index (χ0v) is 11.6. The largest absolute Gasteiger partial charge is 0.481 e. The number of rotatable bonds is 4. The van der Waals surface area contributed by atoms with Gasteiger partial charge in [-0.3, -0.25) is 14.5 Å². The van der Waals surface area contributed by atoms with Gasteiger partial charge in [0.2, 0.25) is 0 Å². The number of nitrogens with zero attached hydrogens (tertiary/aromatic N) is 1. The molecule has 2 N–H and O–H groups in total. The first kappa shape index (κ1) is 14.5. The maximum Gasteiger partial charge on any atom is 0.309 e. The highest BCUT2D eigenvalue weighted by atomic mass is 16.4. The van der Waals surface area contributed by atoms with E-state index < -0.39 is 29.3 Å². The average molecular weight is 277 g/mol. The highest BCUT2D eigenvalue weighted by Crippen LogP contribution is 2.39. The number of likely N-dealkylation sites (tertiary alicyclic amines) is 1. The molecule has 0 radical (unpaired) electrons. The molecule has 0 unspecified atom stereocenters. The molecule has 0 saturated carbocycles. The first-order valence-corrected chi connectivity index (χ1v) is 6.58. The summed E-state index contributed by atoms with van der Waals surface area (Å²) in [7, 11) is 0. The Balaban J connectivity index is 2.27. The molecular formula is C15H19NO4. The van der Waals surface area contributed by atoms with Crippen molar-refractivity contribution in [2.24, 2.45) is 11.8 Å². The minimum atomic E-state index is -1.04. The quantitative estimate of drug-likeness (QED) is 0.875. The van der Waals surface area contributed by atoms with Gasteiger partial charge in [-0.15, -0.1) is 0 Å². The van der Waals surface area contributed by atoms with Crippen LogP contribution in [0.1, 0.15) is 19.4 Å². The molecular weight excluding hydrogens is 258 g/mol. The molecule has 0 aromatic heterocycles. The van der Waals surface area contributed by atoms with E-state index in [-0.39, 0.29) is 6.54 Å². The smallest absolute Gasteiger partial charge is 0.309 e. The Labute approximate surface area is 117 Å². The van der Waals surface area contributed by atoms with Crippen LogP contribution in [0.3, 0.4) is 0 Å². The van der Waals surface area contributed by atoms with Crippen LogP contribution < -0.4 is 0 Å². The SMILES string of the molecule is CC1(C)[C@H](C(=O)O)[C@H](C(=O)O)CN1Cc1ccccc1. The van der Waals surface area contributed by atoms with Gasteiger partial charge in [0, 0.05) is 18.6 Å². The second kappa shape index (κ2) is 5.25. The molecule has 1 heterocycles. The first-order chi connectivity index (χ1) is 9.34. The molecule has 1 saturated heterocycles. The van der Waals surface area contributed by atoms with Gasteiger partial charge in [0.05, 0.1) is 11.8 Å². The molecule has 0 bridgehead atoms. The summed E-state index contributed by atoms with van der Waals surface area (Å²) >= 11 is 0. The van der Waals surface area contributed by atoms with Gasteiger partial charge < -0.3 is 10.2 Å². The predicted octanol–water partition coefficient (Wildman–Crippen LogP) is 1.68. The fourth-order valence-corrected chi connectivity index (χ4v) is 3.03. The summed E-state index contributed by atoms with van der Waals surface area (Å²) in [4.78, 5) is 24.7. The van der Waals surface area contributed by atoms with E-state index in [1.165, 1.54) is 0 Å². The normalized spacial score (nSPS) is 25.5. The third-order valence-electron chi connectivity index (χ3n) is 4.20. The number of carboxylic acid groups (broad SMARTS) is 2. The molecule has 0 spiro atoms. The maximum atomic E-state index is 11.4. The Morgan fingerprint density at radius 3 is 2.25 bits per heavy atom. The average Bonchev–Trinajstić information content (AvgIpc) is 2.62. The van der Waals surface area contributed by atoms with E-state index in [0.717, 1.165) is 5.56 Å². The Morgan fingerprint density at radius 1 is 1.20 bits per heavy atom. The van der Waals surface area contributed by atoms with Gasteiger partial charge in [-0.1, -0.05) is 30.3 Å². The standard InChI is InChI=1S/C15H19NO4/c1-15(2)12(14(19)20)11(13(17)18)9-16(15)8-10-6-4-3-5-7-10/h3-7,11-12H,8-9H2,1-2H3,(H,17,18)(H,19,20)/t11-,12+/m1/s1. The number of aliphatic carboxylic acids is 2. The van der Waals surface area contributed by atoms with Crippen molar-refractivity contribution in [3.05, 3.63) is 35.9 Å². The van der Waals surface area contributed by atoms with Gasteiger partial charge >= 0.3 is 11.9 Å². The lowest BCUT2D eigenvalue weighted by Crippen LogP contribution is -2.45. The fourth-order valence-electron chi connectivity index (χ4n) is 3.03. The van der Waals surface area contributed by atoms with Gasteiger partial charge in [0.1, 0.15) is 0 Å². The highest BCUT2D eigenvalue weighted by molar-refractivity contribution is 5.82. The van der Waals surface area contributed by atoms with Crippen molar-refractivity contribution in [1.29, 1.82) is 0 Å². The third-order valence-corrected chi connectivity index (χ3v) is 4.20. The van der Waals surface area contributed by atoms with E-state index in [1.54, 1.807) is 13.8 Å². The number of carbonyl (C=O) groups is 2. The monoisotopic (exact) mass is 277 g/mol. The highest BCUT2D eigenvalue weighted by Gasteiger charge is 2.54. The van der Waals surface area contributed by atoms with Crippen molar-refractivity contribution in [1.82, 2.24) is 4.90 Å². The number of carboxylic acids is 2. The molecule has 108 valence electrons. The summed E-state index contributed by atoms with van der Waals surface area (Å²) in [5.41, 5.74) is 0.362. The minimum Gasteiger partial charge on any atom is -0.481 e. The van der Waals surface area contributed by atoms with Crippen LogP contribution in [0.4, 0.5) is 0 Å². The van der Waals surface area contributed by atoms with Crippen molar-refractivity contribution in [3.63, 3.8) is 0 Å². The lowest BCUT2D eigenvalue weighted by molar-refractivity contribution is -0.153. The van der Waals surface area contributed by atoms with Crippen molar-refractivity contribution < 1.29 is 19.8 Å². The van der Waals surface area contributed by atoms with Crippen LogP contribution in [-0.2, 0) is 16.1 Å². The van der Waals surface area contributed by atoms with Crippen molar-refractivity contribution in [3.8, 4) is 0 Å². The maximum absolute atomic E-state index is 11.4. The summed E-state index contributed by atoms with van der Waals surface area (Å²) < 4.78 is 0. The molecule has 5 heteroatoms. The zero-order valence-electron chi connectivity index (χ0n) is 11.6. The van der Waals surface area contributed by atoms with Crippen molar-refractivity contribution in [2.45, 2.75) is 25.9 Å². The van der Waals surface area contributed by atoms with Crippen molar-refractivity contribution >= 4 is 11.9 Å². The predicted molar refractivity (Wildman–Crippen MR) is 73.2 cm³/mol. The Hall–Kier alpha value is -1.88. The number of benzene rings is 1. The van der Waals surface area contributed by atoms with E-state index in [9.17, 15) is 19.8 Å². The molecule has 1 aromatic carbocycles. The molecule has 1 fully saturated rings. The van der Waals surface area contributed by atoms with E-state index in [0.29, 0.717) is 6.54 Å². The van der Waals surface area contributed by atoms with E-state index >= 15 is 0 Å². The van der Waals surface area contributed by atoms with E-state index in [4.69, 9.17) is 0 Å². The van der Waals surface area contributed by atoms with Gasteiger partial charge in [0.15, 0.2) is 0 Å². The van der Waals surface area contributed by atoms with E-state index in [2.05, 4.69) is 0 Å². The molecule has 20 heavy (non-hydrogen) atoms. The Bertz CT molecular complexity index is 512. The molecule has 1 aliphatic heterocycles. The fraction of sp³-hybridized carbons (Fsp3) is 0.467. The Morgan fingerprint density at radius 2 is 1.80 bits per heavy atom. The van der Waals surface area contributed by atoms with Crippen LogP contribution >= 0.6 is 0 Å². The molecule has 5 nitrogen and oxygen atoms in total. The van der Waals surface area contributed by atoms with Crippen LogP contribution in [0.5, 0.6) is 0 Å². The summed E-state index contributed by atoms with van der Waals surface area (Å²) in [6.07, 6.45) is 0. The van der Waals surface area contributed by atoms with Crippen LogP contribution in [0.25, 0.3) is 0 Å². The summed E-state index contributed by atoms with van der Waals surface area (Å²) in [5.74, 6) is -3.85. The van der Waals surface area contributed by atoms with Crippen LogP contribution in [0.2, 0.25) is 0 Å². The van der Waals surface area contributed by atoms with Gasteiger partial charge in [0.25, 0.3) is 0 Å². The number of hydrogen-bond donors (Lipinski definition) is 2. The lowest BCUT2D eigenvalue weighted by atomic mass is 9.82. The Kier molecular flexibility index (Phi) is 3.81.